The molecule has 0 aliphatic rings. The molecule has 3 heteroatoms. The Hall–Kier alpha value is -1.51. The Morgan fingerprint density at radius 1 is 1.06 bits per heavy atom. The minimum atomic E-state index is -0.866. The van der Waals surface area contributed by atoms with Crippen LogP contribution in [-0.4, -0.2) is 10.2 Å². The maximum atomic E-state index is 10.2. The zero-order chi connectivity index (χ0) is 12.4. The van der Waals surface area contributed by atoms with Crippen LogP contribution in [0.3, 0.4) is 0 Å². The van der Waals surface area contributed by atoms with Gasteiger partial charge in [0.1, 0.15) is 11.9 Å². The van der Waals surface area contributed by atoms with E-state index >= 15 is 0 Å². The molecule has 2 rings (SSSR count). The van der Waals surface area contributed by atoms with Crippen LogP contribution < -0.4 is 0 Å². The molecule has 1 atom stereocenters. The number of aryl methyl sites for hydroxylation is 1. The van der Waals surface area contributed by atoms with Crippen molar-refractivity contribution >= 4 is 11.6 Å². The lowest BCUT2D eigenvalue weighted by molar-refractivity contribution is 0.215. The van der Waals surface area contributed by atoms with Gasteiger partial charge in [-0.3, -0.25) is 0 Å². The van der Waals surface area contributed by atoms with E-state index in [1.165, 1.54) is 6.07 Å². The molecule has 0 aliphatic carbocycles. The highest BCUT2D eigenvalue weighted by Crippen LogP contribution is 2.31. The maximum absolute atomic E-state index is 10.2. The first kappa shape index (κ1) is 12.0. The third-order valence-corrected chi connectivity index (χ3v) is 2.91. The van der Waals surface area contributed by atoms with E-state index < -0.39 is 6.10 Å². The average Bonchev–Trinajstić information content (AvgIpc) is 2.32. The van der Waals surface area contributed by atoms with Gasteiger partial charge in [0.2, 0.25) is 0 Å². The lowest BCUT2D eigenvalue weighted by Crippen LogP contribution is -2.00. The second-order valence-electron chi connectivity index (χ2n) is 4.02. The molecule has 2 nitrogen and oxygen atoms in total. The summed E-state index contributed by atoms with van der Waals surface area (Å²) in [6.45, 7) is 1.98. The smallest absolute Gasteiger partial charge is 0.121 e. The Kier molecular flexibility index (Phi) is 3.36. The Labute approximate surface area is 105 Å². The summed E-state index contributed by atoms with van der Waals surface area (Å²) in [7, 11) is 0. The van der Waals surface area contributed by atoms with E-state index in [9.17, 15) is 10.2 Å². The summed E-state index contributed by atoms with van der Waals surface area (Å²) in [5.74, 6) is 0.0440. The number of hydrogen-bond donors (Lipinski definition) is 2. The Bertz CT molecular complexity index is 520. The zero-order valence-electron chi connectivity index (χ0n) is 9.39. The molecule has 88 valence electrons. The van der Waals surface area contributed by atoms with Gasteiger partial charge in [0.15, 0.2) is 0 Å². The Morgan fingerprint density at radius 3 is 2.35 bits per heavy atom. The first-order valence-corrected chi connectivity index (χ1v) is 5.69. The third-order valence-electron chi connectivity index (χ3n) is 2.68. The van der Waals surface area contributed by atoms with Crippen LogP contribution >= 0.6 is 11.6 Å². The van der Waals surface area contributed by atoms with Crippen molar-refractivity contribution in [3.63, 3.8) is 0 Å². The van der Waals surface area contributed by atoms with E-state index in [4.69, 9.17) is 11.6 Å². The molecule has 0 bridgehead atoms. The van der Waals surface area contributed by atoms with E-state index in [0.717, 1.165) is 11.1 Å². The van der Waals surface area contributed by atoms with E-state index in [1.807, 2.05) is 31.2 Å². The molecule has 2 N–H and O–H groups in total. The summed E-state index contributed by atoms with van der Waals surface area (Å²) < 4.78 is 0. The van der Waals surface area contributed by atoms with Crippen molar-refractivity contribution < 1.29 is 10.2 Å². The number of benzene rings is 2. The summed E-state index contributed by atoms with van der Waals surface area (Å²) in [6, 6.07) is 12.1. The van der Waals surface area contributed by atoms with Gasteiger partial charge in [-0.1, -0.05) is 41.4 Å². The SMILES string of the molecule is Cc1ccc(C(O)c2cc(Cl)ccc2O)cc1. The zero-order valence-corrected chi connectivity index (χ0v) is 10.1. The highest BCUT2D eigenvalue weighted by Gasteiger charge is 2.14. The lowest BCUT2D eigenvalue weighted by Gasteiger charge is -2.13. The fourth-order valence-corrected chi connectivity index (χ4v) is 1.85. The molecule has 0 heterocycles. The number of aliphatic hydroxyl groups excluding tert-OH is 1. The predicted molar refractivity (Wildman–Crippen MR) is 68.4 cm³/mol. The number of aliphatic hydroxyl groups is 1. The molecule has 0 saturated carbocycles. The second-order valence-corrected chi connectivity index (χ2v) is 4.45. The van der Waals surface area contributed by atoms with Gasteiger partial charge in [0.25, 0.3) is 0 Å². The first-order valence-electron chi connectivity index (χ1n) is 5.31. The van der Waals surface area contributed by atoms with Gasteiger partial charge < -0.3 is 10.2 Å². The van der Waals surface area contributed by atoms with Gasteiger partial charge in [-0.05, 0) is 30.7 Å². The molecule has 2 aromatic carbocycles. The topological polar surface area (TPSA) is 40.5 Å². The normalized spacial score (nSPS) is 12.4. The summed E-state index contributed by atoms with van der Waals surface area (Å²) >= 11 is 5.85. The van der Waals surface area contributed by atoms with Crippen LogP contribution in [-0.2, 0) is 0 Å². The van der Waals surface area contributed by atoms with E-state index in [-0.39, 0.29) is 5.75 Å². The Morgan fingerprint density at radius 2 is 1.71 bits per heavy atom. The largest absolute Gasteiger partial charge is 0.508 e. The van der Waals surface area contributed by atoms with Crippen LogP contribution in [0.2, 0.25) is 5.02 Å². The fourth-order valence-electron chi connectivity index (χ4n) is 1.67. The van der Waals surface area contributed by atoms with E-state index in [0.29, 0.717) is 10.6 Å². The molecule has 0 fully saturated rings. The third kappa shape index (κ3) is 2.60. The van der Waals surface area contributed by atoms with Crippen molar-refractivity contribution in [2.45, 2.75) is 13.0 Å². The van der Waals surface area contributed by atoms with E-state index in [2.05, 4.69) is 0 Å². The number of hydrogen-bond acceptors (Lipinski definition) is 2. The highest BCUT2D eigenvalue weighted by atomic mass is 35.5. The summed E-state index contributed by atoms with van der Waals surface area (Å²) in [4.78, 5) is 0. The average molecular weight is 249 g/mol. The summed E-state index contributed by atoms with van der Waals surface area (Å²) in [5, 5.41) is 20.4. The molecule has 1 unspecified atom stereocenters. The van der Waals surface area contributed by atoms with Crippen molar-refractivity contribution in [1.82, 2.24) is 0 Å². The number of rotatable bonds is 2. The van der Waals surface area contributed by atoms with Crippen molar-refractivity contribution in [2.75, 3.05) is 0 Å². The van der Waals surface area contributed by atoms with Crippen LogP contribution in [0, 0.1) is 6.92 Å². The minimum Gasteiger partial charge on any atom is -0.508 e. The number of halogens is 1. The van der Waals surface area contributed by atoms with Gasteiger partial charge in [-0.15, -0.1) is 0 Å². The van der Waals surface area contributed by atoms with Crippen molar-refractivity contribution in [3.05, 3.63) is 64.2 Å². The molecule has 0 radical (unpaired) electrons. The standard InChI is InChI=1S/C14H13ClO2/c1-9-2-4-10(5-3-9)14(17)12-8-11(15)6-7-13(12)16/h2-8,14,16-17H,1H3. The number of aromatic hydroxyl groups is 1. The van der Waals surface area contributed by atoms with Crippen LogP contribution in [0.1, 0.15) is 22.8 Å². The maximum Gasteiger partial charge on any atom is 0.121 e. The molecule has 0 aromatic heterocycles. The predicted octanol–water partition coefficient (Wildman–Crippen LogP) is 3.44. The second kappa shape index (κ2) is 4.78. The van der Waals surface area contributed by atoms with Gasteiger partial charge in [0, 0.05) is 10.6 Å². The summed E-state index contributed by atoms with van der Waals surface area (Å²) in [5.41, 5.74) is 2.27. The quantitative estimate of drug-likeness (QED) is 0.855. The molecular weight excluding hydrogens is 236 g/mol. The number of phenolic OH excluding ortho intramolecular Hbond substituents is 1. The van der Waals surface area contributed by atoms with Crippen LogP contribution in [0.25, 0.3) is 0 Å². The molecule has 17 heavy (non-hydrogen) atoms. The molecule has 0 saturated heterocycles. The molecule has 2 aromatic rings. The van der Waals surface area contributed by atoms with Gasteiger partial charge in [-0.2, -0.15) is 0 Å². The minimum absolute atomic E-state index is 0.0440. The van der Waals surface area contributed by atoms with Gasteiger partial charge in [0.05, 0.1) is 0 Å². The van der Waals surface area contributed by atoms with E-state index in [1.54, 1.807) is 12.1 Å². The molecule has 0 aliphatic heterocycles. The Balaban J connectivity index is 2.39. The van der Waals surface area contributed by atoms with Crippen LogP contribution in [0.4, 0.5) is 0 Å². The van der Waals surface area contributed by atoms with Gasteiger partial charge >= 0.3 is 0 Å². The highest BCUT2D eigenvalue weighted by molar-refractivity contribution is 6.30. The van der Waals surface area contributed by atoms with Gasteiger partial charge in [-0.25, -0.2) is 0 Å². The van der Waals surface area contributed by atoms with Crippen molar-refractivity contribution in [3.8, 4) is 5.75 Å². The lowest BCUT2D eigenvalue weighted by atomic mass is 10.00. The first-order chi connectivity index (χ1) is 8.08. The monoisotopic (exact) mass is 248 g/mol. The molecular formula is C14H13ClO2. The fraction of sp³-hybridized carbons (Fsp3) is 0.143. The van der Waals surface area contributed by atoms with Crippen LogP contribution in [0.5, 0.6) is 5.75 Å². The molecule has 0 amide bonds. The summed E-state index contributed by atoms with van der Waals surface area (Å²) in [6.07, 6.45) is -0.866. The van der Waals surface area contributed by atoms with Crippen LogP contribution in [0.15, 0.2) is 42.5 Å². The molecule has 0 spiro atoms. The number of phenols is 1. The van der Waals surface area contributed by atoms with Crippen molar-refractivity contribution in [1.29, 1.82) is 0 Å². The van der Waals surface area contributed by atoms with Crippen molar-refractivity contribution in [2.24, 2.45) is 0 Å².